The van der Waals surface area contributed by atoms with Crippen LogP contribution in [0, 0.1) is 0 Å². The molecule has 6 nitrogen and oxygen atoms in total. The molecule has 1 aromatic rings. The molecule has 110 valence electrons. The van der Waals surface area contributed by atoms with E-state index in [1.54, 1.807) is 18.2 Å². The summed E-state index contributed by atoms with van der Waals surface area (Å²) in [6.45, 7) is 0.373. The van der Waals surface area contributed by atoms with E-state index in [0.717, 1.165) is 4.31 Å². The van der Waals surface area contributed by atoms with Crippen molar-refractivity contribution in [2.45, 2.75) is 23.8 Å². The minimum Gasteiger partial charge on any atom is -0.480 e. The molecule has 7 heteroatoms. The van der Waals surface area contributed by atoms with Crippen LogP contribution >= 0.6 is 0 Å². The van der Waals surface area contributed by atoms with Crippen molar-refractivity contribution >= 4 is 16.0 Å². The van der Waals surface area contributed by atoms with Gasteiger partial charge >= 0.3 is 5.97 Å². The van der Waals surface area contributed by atoms with E-state index < -0.39 is 22.5 Å². The summed E-state index contributed by atoms with van der Waals surface area (Å²) in [5.41, 5.74) is 0. The van der Waals surface area contributed by atoms with Gasteiger partial charge in [-0.25, -0.2) is 8.42 Å². The Labute approximate surface area is 118 Å². The number of sulfonamides is 1. The predicted octanol–water partition coefficient (Wildman–Crippen LogP) is 0.941. The molecule has 1 heterocycles. The van der Waals surface area contributed by atoms with Crippen molar-refractivity contribution in [2.75, 3.05) is 19.8 Å². The smallest absolute Gasteiger partial charge is 0.318 e. The van der Waals surface area contributed by atoms with Gasteiger partial charge in [-0.3, -0.25) is 4.79 Å². The van der Waals surface area contributed by atoms with Crippen LogP contribution in [0.1, 0.15) is 12.8 Å². The molecule has 1 aliphatic rings. The van der Waals surface area contributed by atoms with Crippen molar-refractivity contribution in [3.63, 3.8) is 0 Å². The largest absolute Gasteiger partial charge is 0.480 e. The average Bonchev–Trinajstić information content (AvgIpc) is 2.46. The standard InChI is InChI=1S/C13H17NO5S/c15-13(16)10-14(11-6-8-19-9-7-11)20(17,18)12-4-2-1-3-5-12/h1-5,11H,6-10H2,(H,15,16). The molecule has 20 heavy (non-hydrogen) atoms. The monoisotopic (exact) mass is 299 g/mol. The lowest BCUT2D eigenvalue weighted by Crippen LogP contribution is -2.45. The van der Waals surface area contributed by atoms with Gasteiger partial charge in [0.1, 0.15) is 6.54 Å². The summed E-state index contributed by atoms with van der Waals surface area (Å²) in [5, 5.41) is 8.99. The highest BCUT2D eigenvalue weighted by molar-refractivity contribution is 7.89. The second-order valence-corrected chi connectivity index (χ2v) is 6.49. The fraction of sp³-hybridized carbons (Fsp3) is 0.462. The Bertz CT molecular complexity index is 551. The highest BCUT2D eigenvalue weighted by atomic mass is 32.2. The normalized spacial score (nSPS) is 17.2. The number of carbonyl (C=O) groups is 1. The van der Waals surface area contributed by atoms with Crippen LogP contribution in [-0.4, -0.2) is 49.6 Å². The highest BCUT2D eigenvalue weighted by Crippen LogP contribution is 2.23. The number of hydrogen-bond acceptors (Lipinski definition) is 4. The maximum atomic E-state index is 12.6. The van der Waals surface area contributed by atoms with Crippen LogP contribution in [0.2, 0.25) is 0 Å². The van der Waals surface area contributed by atoms with Crippen LogP contribution in [0.25, 0.3) is 0 Å². The Hall–Kier alpha value is -1.44. The molecule has 2 rings (SSSR count). The van der Waals surface area contributed by atoms with Gasteiger partial charge in [0, 0.05) is 19.3 Å². The summed E-state index contributed by atoms with van der Waals surface area (Å²) in [6, 6.07) is 7.58. The third-order valence-electron chi connectivity index (χ3n) is 3.24. The zero-order valence-electron chi connectivity index (χ0n) is 10.9. The minimum atomic E-state index is -3.80. The average molecular weight is 299 g/mol. The van der Waals surface area contributed by atoms with Crippen LogP contribution in [0.5, 0.6) is 0 Å². The lowest BCUT2D eigenvalue weighted by molar-refractivity contribution is -0.137. The van der Waals surface area contributed by atoms with E-state index in [-0.39, 0.29) is 10.9 Å². The van der Waals surface area contributed by atoms with Crippen molar-refractivity contribution in [3.8, 4) is 0 Å². The van der Waals surface area contributed by atoms with Crippen molar-refractivity contribution in [1.82, 2.24) is 4.31 Å². The first-order valence-electron chi connectivity index (χ1n) is 6.38. The van der Waals surface area contributed by atoms with Crippen molar-refractivity contribution < 1.29 is 23.1 Å². The Morgan fingerprint density at radius 1 is 1.25 bits per heavy atom. The van der Waals surface area contributed by atoms with Gasteiger partial charge in [-0.2, -0.15) is 4.31 Å². The Balaban J connectivity index is 2.32. The Kier molecular flexibility index (Phi) is 4.74. The number of nitrogens with zero attached hydrogens (tertiary/aromatic N) is 1. The minimum absolute atomic E-state index is 0.118. The molecule has 0 spiro atoms. The molecule has 0 bridgehead atoms. The van der Waals surface area contributed by atoms with Gasteiger partial charge in [-0.05, 0) is 25.0 Å². The summed E-state index contributed by atoms with van der Waals surface area (Å²) < 4.78 is 31.5. The fourth-order valence-corrected chi connectivity index (χ4v) is 3.90. The third-order valence-corrected chi connectivity index (χ3v) is 5.15. The zero-order valence-corrected chi connectivity index (χ0v) is 11.8. The molecule has 0 radical (unpaired) electrons. The highest BCUT2D eigenvalue weighted by Gasteiger charge is 2.33. The van der Waals surface area contributed by atoms with E-state index in [1.807, 2.05) is 0 Å². The van der Waals surface area contributed by atoms with Gasteiger partial charge in [0.25, 0.3) is 0 Å². The second-order valence-electron chi connectivity index (χ2n) is 4.60. The van der Waals surface area contributed by atoms with E-state index in [0.29, 0.717) is 26.1 Å². The number of benzene rings is 1. The molecule has 0 aromatic heterocycles. The van der Waals surface area contributed by atoms with E-state index >= 15 is 0 Å². The summed E-state index contributed by atoms with van der Waals surface area (Å²) in [5.74, 6) is -1.16. The van der Waals surface area contributed by atoms with Crippen LogP contribution in [-0.2, 0) is 19.6 Å². The van der Waals surface area contributed by atoms with Crippen molar-refractivity contribution in [3.05, 3.63) is 30.3 Å². The van der Waals surface area contributed by atoms with Gasteiger partial charge < -0.3 is 9.84 Å². The van der Waals surface area contributed by atoms with Crippen LogP contribution in [0.15, 0.2) is 35.2 Å². The SMILES string of the molecule is O=C(O)CN(C1CCOCC1)S(=O)(=O)c1ccccc1. The molecule has 0 saturated carbocycles. The van der Waals surface area contributed by atoms with Gasteiger partial charge in [0.2, 0.25) is 10.0 Å². The zero-order chi connectivity index (χ0) is 14.6. The third kappa shape index (κ3) is 3.36. The molecule has 1 aromatic carbocycles. The molecule has 1 aliphatic heterocycles. The number of carboxylic acid groups (broad SMARTS) is 1. The second kappa shape index (κ2) is 6.34. The summed E-state index contributed by atoms with van der Waals surface area (Å²) in [7, 11) is -3.80. The summed E-state index contributed by atoms with van der Waals surface area (Å²) >= 11 is 0. The van der Waals surface area contributed by atoms with Crippen LogP contribution in [0.4, 0.5) is 0 Å². The van der Waals surface area contributed by atoms with Crippen LogP contribution in [0.3, 0.4) is 0 Å². The van der Waals surface area contributed by atoms with E-state index in [4.69, 9.17) is 9.84 Å². The van der Waals surface area contributed by atoms with E-state index in [2.05, 4.69) is 0 Å². The quantitative estimate of drug-likeness (QED) is 0.875. The number of hydrogen-bond donors (Lipinski definition) is 1. The molecule has 0 atom stereocenters. The maximum absolute atomic E-state index is 12.6. The fourth-order valence-electron chi connectivity index (χ4n) is 2.24. The Morgan fingerprint density at radius 2 is 1.85 bits per heavy atom. The molecule has 1 fully saturated rings. The van der Waals surface area contributed by atoms with Crippen LogP contribution < -0.4 is 0 Å². The number of rotatable bonds is 5. The first-order chi connectivity index (χ1) is 9.51. The number of ether oxygens (including phenoxy) is 1. The van der Waals surface area contributed by atoms with Gasteiger partial charge in [0.15, 0.2) is 0 Å². The van der Waals surface area contributed by atoms with Crippen molar-refractivity contribution in [1.29, 1.82) is 0 Å². The molecule has 0 amide bonds. The summed E-state index contributed by atoms with van der Waals surface area (Å²) in [4.78, 5) is 11.1. The number of carboxylic acids is 1. The molecule has 0 aliphatic carbocycles. The lowest BCUT2D eigenvalue weighted by Gasteiger charge is -2.32. The topological polar surface area (TPSA) is 83.9 Å². The first kappa shape index (κ1) is 15.0. The molecule has 1 N–H and O–H groups in total. The lowest BCUT2D eigenvalue weighted by atomic mass is 10.1. The number of aliphatic carboxylic acids is 1. The van der Waals surface area contributed by atoms with Gasteiger partial charge in [-0.15, -0.1) is 0 Å². The molecular weight excluding hydrogens is 282 g/mol. The van der Waals surface area contributed by atoms with E-state index in [9.17, 15) is 13.2 Å². The first-order valence-corrected chi connectivity index (χ1v) is 7.82. The maximum Gasteiger partial charge on any atom is 0.318 e. The van der Waals surface area contributed by atoms with E-state index in [1.165, 1.54) is 12.1 Å². The summed E-state index contributed by atoms with van der Waals surface area (Å²) in [6.07, 6.45) is 1.03. The molecule has 0 unspecified atom stereocenters. The van der Waals surface area contributed by atoms with Gasteiger partial charge in [-0.1, -0.05) is 18.2 Å². The predicted molar refractivity (Wildman–Crippen MR) is 71.8 cm³/mol. The van der Waals surface area contributed by atoms with Gasteiger partial charge in [0.05, 0.1) is 4.90 Å². The molecule has 1 saturated heterocycles. The molecular formula is C13H17NO5S. The Morgan fingerprint density at radius 3 is 2.40 bits per heavy atom. The van der Waals surface area contributed by atoms with Crippen molar-refractivity contribution in [2.24, 2.45) is 0 Å².